The van der Waals surface area contributed by atoms with Crippen molar-refractivity contribution in [2.75, 3.05) is 13.1 Å². The zero-order valence-electron chi connectivity index (χ0n) is 65.6. The number of nitrogens with zero attached hydrogens (tertiary/aromatic N) is 2. The number of piperidine rings is 3. The molecule has 3 aliphatic heterocycles. The van der Waals surface area contributed by atoms with Gasteiger partial charge in [0, 0.05) is 29.7 Å². The molecular formula is C94H117N3O2P. The van der Waals surface area contributed by atoms with Crippen LogP contribution in [0.1, 0.15) is 259 Å². The number of hydrogen-bond donors (Lipinski definition) is 1. The number of carbonyl (C=O) groups excluding carboxylic acids is 1. The number of benzene rings is 8. The number of amides is 1. The van der Waals surface area contributed by atoms with Gasteiger partial charge in [-0.05, 0) is 260 Å². The largest absolute Gasteiger partial charge is 0.344 e. The summed E-state index contributed by atoms with van der Waals surface area (Å²) in [6.45, 7) is 60.4. The zero-order valence-corrected chi connectivity index (χ0v) is 66.5. The fourth-order valence-electron chi connectivity index (χ4n) is 15.1. The Labute approximate surface area is 604 Å². The van der Waals surface area contributed by atoms with Crippen molar-refractivity contribution in [3.63, 3.8) is 0 Å². The predicted octanol–water partition coefficient (Wildman–Crippen LogP) is 23.8. The summed E-state index contributed by atoms with van der Waals surface area (Å²) in [6, 6.07) is 59.7. The van der Waals surface area contributed by atoms with E-state index < -0.39 is 14.0 Å². The van der Waals surface area contributed by atoms with Gasteiger partial charge in [0.2, 0.25) is 0 Å². The third-order valence-electron chi connectivity index (χ3n) is 21.9. The monoisotopic (exact) mass is 1350 g/mol. The molecule has 5 nitrogen and oxygen atoms in total. The summed E-state index contributed by atoms with van der Waals surface area (Å²) in [7, 11) is -1.63. The molecule has 8 aromatic carbocycles. The molecule has 9 aromatic rings. The highest BCUT2D eigenvalue weighted by Gasteiger charge is 2.44. The maximum Gasteiger partial charge on any atom is 0.252 e. The van der Waals surface area contributed by atoms with Crippen LogP contribution < -0.4 is 21.2 Å². The smallest absolute Gasteiger partial charge is 0.252 e. The van der Waals surface area contributed by atoms with Gasteiger partial charge in [0.1, 0.15) is 0 Å². The van der Waals surface area contributed by atoms with Crippen molar-refractivity contribution in [2.24, 2.45) is 11.8 Å². The van der Waals surface area contributed by atoms with Crippen molar-refractivity contribution in [1.29, 1.82) is 0 Å². The van der Waals surface area contributed by atoms with Crippen LogP contribution in [-0.2, 0) is 48.4 Å². The Morgan fingerprint density at radius 2 is 0.820 bits per heavy atom. The lowest BCUT2D eigenvalue weighted by Gasteiger charge is -2.52. The van der Waals surface area contributed by atoms with Gasteiger partial charge in [-0.3, -0.25) is 19.8 Å². The second kappa shape index (κ2) is 26.9. The van der Waals surface area contributed by atoms with Gasteiger partial charge in [-0.25, -0.2) is 0 Å². The maximum absolute atomic E-state index is 16.8. The van der Waals surface area contributed by atoms with Crippen LogP contribution in [0.5, 0.6) is 5.75 Å². The average molecular weight is 1350 g/mol. The highest BCUT2D eigenvalue weighted by Crippen LogP contribution is 2.48. The number of rotatable bonds is 12. The lowest BCUT2D eigenvalue weighted by molar-refractivity contribution is -0.0152. The molecule has 5 atom stereocenters. The molecule has 12 rings (SSSR count). The Morgan fingerprint density at radius 3 is 1.16 bits per heavy atom. The highest BCUT2D eigenvalue weighted by molar-refractivity contribution is 7.80. The zero-order chi connectivity index (χ0) is 72.9. The molecule has 525 valence electrons. The Hall–Kier alpha value is -7.17. The minimum atomic E-state index is -1.63. The van der Waals surface area contributed by atoms with Gasteiger partial charge < -0.3 is 5.32 Å². The first-order valence-electron chi connectivity index (χ1n) is 37.3. The topological polar surface area (TPSA) is 65.1 Å². The molecule has 0 saturated carbocycles. The molecule has 0 aliphatic carbocycles. The maximum atomic E-state index is 16.8. The Bertz CT molecular complexity index is 4030. The molecule has 1 aromatic heterocycles. The minimum Gasteiger partial charge on any atom is -0.344 e. The first kappa shape index (κ1) is 74.0. The molecule has 3 aliphatic rings. The van der Waals surface area contributed by atoms with Crippen LogP contribution in [0.2, 0.25) is 0 Å². The highest BCUT2D eigenvalue weighted by atomic mass is 31.1. The van der Waals surface area contributed by atoms with Crippen molar-refractivity contribution < 1.29 is 9.90 Å². The van der Waals surface area contributed by atoms with Crippen LogP contribution in [0.15, 0.2) is 164 Å². The molecule has 4 heterocycles. The Kier molecular flexibility index (Phi) is 19.9. The number of nitrogens with one attached hydrogen (secondary N) is 1. The van der Waals surface area contributed by atoms with Crippen LogP contribution >= 0.6 is 7.92 Å². The number of aromatic nitrogens is 1. The number of carbonyl (C=O) groups is 1. The van der Waals surface area contributed by atoms with E-state index in [1.807, 2.05) is 12.3 Å². The summed E-state index contributed by atoms with van der Waals surface area (Å²) >= 11 is 0. The third kappa shape index (κ3) is 16.0. The van der Waals surface area contributed by atoms with E-state index in [9.17, 15) is 5.11 Å². The van der Waals surface area contributed by atoms with Gasteiger partial charge in [-0.2, -0.15) is 0 Å². The molecule has 3 unspecified atom stereocenters. The van der Waals surface area contributed by atoms with E-state index in [1.165, 1.54) is 66.8 Å². The molecule has 2 bridgehead atoms. The molecule has 3 saturated heterocycles. The van der Waals surface area contributed by atoms with E-state index in [0.29, 0.717) is 17.4 Å². The Balaban J connectivity index is 1.28. The summed E-state index contributed by atoms with van der Waals surface area (Å²) in [6.07, 6.45) is 5.11. The molecule has 1 amide bonds. The summed E-state index contributed by atoms with van der Waals surface area (Å²) in [4.78, 5) is 24.3. The predicted molar refractivity (Wildman–Crippen MR) is 430 cm³/mol. The normalized spacial score (nSPS) is 17.7. The first-order chi connectivity index (χ1) is 46.3. The summed E-state index contributed by atoms with van der Waals surface area (Å²) < 4.78 is 0. The van der Waals surface area contributed by atoms with Crippen molar-refractivity contribution in [3.05, 3.63) is 220 Å². The first-order valence-corrected chi connectivity index (χ1v) is 38.6. The summed E-state index contributed by atoms with van der Waals surface area (Å²) in [5, 5.41) is 21.4. The van der Waals surface area contributed by atoms with Gasteiger partial charge in [-0.1, -0.05) is 271 Å². The van der Waals surface area contributed by atoms with E-state index in [2.05, 4.69) is 323 Å². The fourth-order valence-corrected chi connectivity index (χ4v) is 17.7. The number of fused-ring (bicyclic) bond motifs is 4. The van der Waals surface area contributed by atoms with Gasteiger partial charge in [-0.15, -0.1) is 0 Å². The lowest BCUT2D eigenvalue weighted by atomic mass is 9.72. The van der Waals surface area contributed by atoms with Crippen molar-refractivity contribution >= 4 is 40.6 Å². The standard InChI is InChI=1S/C94H117N3O2P/c1-26-58-57-97-36-34-59(58)51-83(97)85(79-33-35-95-82-32-31-76(98)56-81(79)82)96-86(99)80-29-27-28-30-84(80)100(77-47-60(64-39-68(87(2,3)4)52-69(40-64)88(5,6)7)37-61(48-77)65-41-70(89(8,9)10)53-71(42-65)90(11,12)13)78-49-62(66-43-72(91(14,15)16)54-73(44-66)92(17,18)19)38-63(50-78)67-45-74(93(20,21)22)55-75(46-67)94(23,24)25/h27-33,35,37-50,52-56,58-59,83,85H,26,34,36,51,57H2,1-25H3,(H,96,99)/t58?,59-,83-,85?/m1/s1. The van der Waals surface area contributed by atoms with E-state index in [0.717, 1.165) is 87.0 Å². The Morgan fingerprint density at radius 1 is 0.460 bits per heavy atom. The van der Waals surface area contributed by atoms with Gasteiger partial charge in [0.25, 0.3) is 5.91 Å². The van der Waals surface area contributed by atoms with Crippen molar-refractivity contribution in [3.8, 4) is 50.3 Å². The molecule has 1 N–H and O–H groups in total. The minimum absolute atomic E-state index is 0.0194. The molecule has 0 spiro atoms. The van der Waals surface area contributed by atoms with Crippen LogP contribution in [0.25, 0.3) is 55.4 Å². The molecule has 6 heteroatoms. The van der Waals surface area contributed by atoms with Crippen LogP contribution in [-0.4, -0.2) is 34.9 Å². The lowest BCUT2D eigenvalue weighted by Crippen LogP contribution is -2.57. The third-order valence-corrected chi connectivity index (χ3v) is 24.4. The van der Waals surface area contributed by atoms with Crippen LogP contribution in [0.4, 0.5) is 0 Å². The van der Waals surface area contributed by atoms with E-state index in [1.54, 1.807) is 12.1 Å². The fraction of sp³-hybridized carbons (Fsp3) is 0.447. The van der Waals surface area contributed by atoms with Crippen molar-refractivity contribution in [2.45, 2.75) is 248 Å². The van der Waals surface area contributed by atoms with E-state index >= 15 is 4.79 Å². The van der Waals surface area contributed by atoms with Gasteiger partial charge in [0.05, 0.1) is 11.6 Å². The SMILES string of the molecule is CCC1CN2CC[C@@H]1C[C@@H]2C(NC(=O)c1ccccc1P(c1cc(-c2cc(C(C)(C)C)cc(C(C)(C)C)c2)cc(-c2cc(C(C)(C)C)cc(C(C)(C)C)c2)c1)c1cc(-c2cc(C(C)(C)C)cc(C(C)(C)C)c2)cc(-c2cc(C(C)(C)C)cc(C(C)(C)C)c2)c1)c1ccnc2ccc([O])cc12. The molecule has 100 heavy (non-hydrogen) atoms. The summed E-state index contributed by atoms with van der Waals surface area (Å²) in [5.74, 6) is 0.958. The van der Waals surface area contributed by atoms with Crippen LogP contribution in [0.3, 0.4) is 0 Å². The quantitative estimate of drug-likeness (QED) is 0.124. The number of pyridine rings is 1. The molecule has 3 fully saturated rings. The van der Waals surface area contributed by atoms with E-state index in [4.69, 9.17) is 4.98 Å². The van der Waals surface area contributed by atoms with Gasteiger partial charge in [0.15, 0.2) is 5.75 Å². The molecule has 1 radical (unpaired) electrons. The van der Waals surface area contributed by atoms with E-state index in [-0.39, 0.29) is 61.0 Å². The summed E-state index contributed by atoms with van der Waals surface area (Å²) in [5.41, 5.74) is 20.9. The second-order valence-electron chi connectivity index (χ2n) is 38.1. The average Bonchev–Trinajstić information content (AvgIpc) is 0.756. The second-order valence-corrected chi connectivity index (χ2v) is 40.3. The van der Waals surface area contributed by atoms with Crippen molar-refractivity contribution in [1.82, 2.24) is 15.2 Å². The number of hydrogen-bond acceptors (Lipinski definition) is 3. The van der Waals surface area contributed by atoms with Gasteiger partial charge >= 0.3 is 0 Å². The molecular weight excluding hydrogens is 1230 g/mol. The van der Waals surface area contributed by atoms with Crippen LogP contribution in [0, 0.1) is 11.8 Å².